The van der Waals surface area contributed by atoms with Crippen molar-refractivity contribution in [1.29, 1.82) is 0 Å². The van der Waals surface area contributed by atoms with Crippen LogP contribution in [0.25, 0.3) is 0 Å². The molecule has 1 aromatic rings. The topological polar surface area (TPSA) is 120 Å². The lowest BCUT2D eigenvalue weighted by atomic mass is 10.00. The van der Waals surface area contributed by atoms with Gasteiger partial charge in [0.15, 0.2) is 6.10 Å². The van der Waals surface area contributed by atoms with E-state index in [0.717, 1.165) is 12.0 Å². The predicted octanol–water partition coefficient (Wildman–Crippen LogP) is 3.41. The summed E-state index contributed by atoms with van der Waals surface area (Å²) in [7, 11) is 0. The van der Waals surface area contributed by atoms with Gasteiger partial charge < -0.3 is 25.8 Å². The molecule has 0 fully saturated rings. The summed E-state index contributed by atoms with van der Waals surface area (Å²) < 4.78 is 10.3. The minimum absolute atomic E-state index is 0.369. The number of hydrogen-bond donors (Lipinski definition) is 3. The molecule has 0 aliphatic heterocycles. The van der Waals surface area contributed by atoms with Crippen molar-refractivity contribution in [3.8, 4) is 0 Å². The Morgan fingerprint density at radius 2 is 1.72 bits per heavy atom. The van der Waals surface area contributed by atoms with Crippen LogP contribution in [0.15, 0.2) is 30.3 Å². The highest BCUT2D eigenvalue weighted by Gasteiger charge is 2.29. The maximum Gasteiger partial charge on any atom is 0.408 e. The fourth-order valence-electron chi connectivity index (χ4n) is 2.77. The zero-order valence-electron chi connectivity index (χ0n) is 17.9. The van der Waals surface area contributed by atoms with E-state index < -0.39 is 41.9 Å². The Hall–Kier alpha value is -2.77. The number of ether oxygens (including phenoxy) is 2. The Balaban J connectivity index is 2.95. The first kappa shape index (κ1) is 24.3. The van der Waals surface area contributed by atoms with E-state index in [1.807, 2.05) is 37.3 Å². The summed E-state index contributed by atoms with van der Waals surface area (Å²) in [6, 6.07) is 8.19. The van der Waals surface area contributed by atoms with Gasteiger partial charge in [-0.2, -0.15) is 0 Å². The lowest BCUT2D eigenvalue weighted by Gasteiger charge is -2.29. The summed E-state index contributed by atoms with van der Waals surface area (Å²) in [5.74, 6) is -0.461. The molecule has 0 saturated heterocycles. The molecule has 0 bridgehead atoms. The lowest BCUT2D eigenvalue weighted by molar-refractivity contribution is -0.130. The molecule has 4 N–H and O–H groups in total. The van der Waals surface area contributed by atoms with E-state index in [0.29, 0.717) is 12.8 Å². The van der Waals surface area contributed by atoms with E-state index in [-0.39, 0.29) is 0 Å². The molecule has 3 atom stereocenters. The predicted molar refractivity (Wildman–Crippen MR) is 110 cm³/mol. The quantitative estimate of drug-likeness (QED) is 0.579. The Bertz CT molecular complexity index is 673. The molecule has 8 heteroatoms. The number of nitrogens with two attached hydrogens (primary N) is 1. The van der Waals surface area contributed by atoms with E-state index in [2.05, 4.69) is 10.6 Å². The average molecular weight is 408 g/mol. The van der Waals surface area contributed by atoms with Crippen LogP contribution in [-0.4, -0.2) is 35.8 Å². The van der Waals surface area contributed by atoms with Crippen LogP contribution in [0, 0.1) is 0 Å². The number of primary amides is 1. The van der Waals surface area contributed by atoms with Gasteiger partial charge in [-0.25, -0.2) is 9.59 Å². The second-order valence-electron chi connectivity index (χ2n) is 7.90. The highest BCUT2D eigenvalue weighted by Crippen LogP contribution is 2.19. The maximum absolute atomic E-state index is 12.7. The number of carbonyl (C=O) groups excluding carboxylic acids is 3. The van der Waals surface area contributed by atoms with E-state index in [1.54, 1.807) is 27.7 Å². The van der Waals surface area contributed by atoms with Crippen molar-refractivity contribution in [3.63, 3.8) is 0 Å². The lowest BCUT2D eigenvalue weighted by Crippen LogP contribution is -2.49. The Kier molecular flexibility index (Phi) is 9.44. The summed E-state index contributed by atoms with van der Waals surface area (Å²) in [5.41, 5.74) is 5.24. The molecule has 1 rings (SSSR count). The Labute approximate surface area is 172 Å². The molecule has 0 saturated carbocycles. The molecule has 29 heavy (non-hydrogen) atoms. The summed E-state index contributed by atoms with van der Waals surface area (Å²) in [4.78, 5) is 36.1. The zero-order valence-corrected chi connectivity index (χ0v) is 17.9. The molecular formula is C21H33N3O5. The van der Waals surface area contributed by atoms with Crippen LogP contribution in [0.4, 0.5) is 9.59 Å². The fourth-order valence-corrected chi connectivity index (χ4v) is 2.77. The van der Waals surface area contributed by atoms with Gasteiger partial charge in [0, 0.05) is 0 Å². The van der Waals surface area contributed by atoms with Gasteiger partial charge in [0.1, 0.15) is 5.60 Å². The molecule has 3 amide bonds. The van der Waals surface area contributed by atoms with Crippen molar-refractivity contribution < 1.29 is 23.9 Å². The first-order chi connectivity index (χ1) is 13.5. The third-order valence-electron chi connectivity index (χ3n) is 4.07. The monoisotopic (exact) mass is 407 g/mol. The van der Waals surface area contributed by atoms with Crippen LogP contribution >= 0.6 is 0 Å². The zero-order chi connectivity index (χ0) is 22.0. The van der Waals surface area contributed by atoms with Gasteiger partial charge in [0.25, 0.3) is 5.91 Å². The van der Waals surface area contributed by atoms with Crippen LogP contribution in [0.1, 0.15) is 65.5 Å². The van der Waals surface area contributed by atoms with Gasteiger partial charge >= 0.3 is 12.2 Å². The number of hydrogen-bond acceptors (Lipinski definition) is 5. The largest absolute Gasteiger partial charge is 0.444 e. The smallest absolute Gasteiger partial charge is 0.408 e. The van der Waals surface area contributed by atoms with Gasteiger partial charge in [-0.1, -0.05) is 43.7 Å². The highest BCUT2D eigenvalue weighted by molar-refractivity contribution is 5.83. The van der Waals surface area contributed by atoms with Crippen LogP contribution < -0.4 is 16.4 Å². The Morgan fingerprint density at radius 3 is 2.24 bits per heavy atom. The van der Waals surface area contributed by atoms with E-state index >= 15 is 0 Å². The second kappa shape index (κ2) is 11.3. The summed E-state index contributed by atoms with van der Waals surface area (Å²) >= 11 is 0. The molecule has 0 radical (unpaired) electrons. The molecule has 0 heterocycles. The molecule has 0 aliphatic carbocycles. The second-order valence-corrected chi connectivity index (χ2v) is 7.90. The highest BCUT2D eigenvalue weighted by atomic mass is 16.6. The summed E-state index contributed by atoms with van der Waals surface area (Å²) in [6.45, 7) is 9.05. The summed E-state index contributed by atoms with van der Waals surface area (Å²) in [6.07, 6.45) is -0.656. The number of alkyl carbamates (subject to hydrolysis) is 1. The molecule has 0 spiro atoms. The standard InChI is InChI=1S/C21H33N3O5/c1-6-7-13-16(28-19(22)26)18(25)23-14(2)17(15-11-9-8-10-12-15)24-20(27)29-21(3,4)5/h8-12,14,16-17H,6-7,13H2,1-5H3,(H2,22,26)(H,23,25)(H,24,27)/t14-,16?,17+/m0/s1. The van der Waals surface area contributed by atoms with Crippen molar-refractivity contribution in [2.75, 3.05) is 0 Å². The van der Waals surface area contributed by atoms with Gasteiger partial charge in [0.05, 0.1) is 12.1 Å². The number of benzene rings is 1. The van der Waals surface area contributed by atoms with Crippen molar-refractivity contribution >= 4 is 18.1 Å². The van der Waals surface area contributed by atoms with Crippen LogP contribution in [0.3, 0.4) is 0 Å². The van der Waals surface area contributed by atoms with Crippen LogP contribution in [0.2, 0.25) is 0 Å². The first-order valence-electron chi connectivity index (χ1n) is 9.84. The molecule has 1 aromatic carbocycles. The van der Waals surface area contributed by atoms with Crippen molar-refractivity contribution in [2.24, 2.45) is 5.73 Å². The summed E-state index contributed by atoms with van der Waals surface area (Å²) in [5, 5.41) is 5.63. The number of amides is 3. The molecule has 162 valence electrons. The van der Waals surface area contributed by atoms with Crippen molar-refractivity contribution in [1.82, 2.24) is 10.6 Å². The average Bonchev–Trinajstić information content (AvgIpc) is 2.62. The van der Waals surface area contributed by atoms with Crippen molar-refractivity contribution in [2.45, 2.75) is 77.7 Å². The maximum atomic E-state index is 12.7. The first-order valence-corrected chi connectivity index (χ1v) is 9.84. The molecule has 0 aromatic heterocycles. The SMILES string of the molecule is CCCCC(OC(N)=O)C(=O)N[C@@H](C)[C@@H](NC(=O)OC(C)(C)C)c1ccccc1. The van der Waals surface area contributed by atoms with E-state index in [1.165, 1.54) is 0 Å². The molecule has 1 unspecified atom stereocenters. The minimum atomic E-state index is -1.000. The number of carbonyl (C=O) groups is 3. The number of rotatable bonds is 9. The third kappa shape index (κ3) is 9.32. The van der Waals surface area contributed by atoms with E-state index in [9.17, 15) is 14.4 Å². The third-order valence-corrected chi connectivity index (χ3v) is 4.07. The number of nitrogens with one attached hydrogen (secondary N) is 2. The molecule has 8 nitrogen and oxygen atoms in total. The van der Waals surface area contributed by atoms with E-state index in [4.69, 9.17) is 15.2 Å². The van der Waals surface area contributed by atoms with Gasteiger partial charge in [0.2, 0.25) is 0 Å². The molecular weight excluding hydrogens is 374 g/mol. The van der Waals surface area contributed by atoms with Crippen LogP contribution in [0.5, 0.6) is 0 Å². The van der Waals surface area contributed by atoms with Gasteiger partial charge in [-0.15, -0.1) is 0 Å². The van der Waals surface area contributed by atoms with Crippen LogP contribution in [-0.2, 0) is 14.3 Å². The van der Waals surface area contributed by atoms with Gasteiger partial charge in [-0.3, -0.25) is 4.79 Å². The minimum Gasteiger partial charge on any atom is -0.444 e. The molecule has 0 aliphatic rings. The fraction of sp³-hybridized carbons (Fsp3) is 0.571. The number of unbranched alkanes of at least 4 members (excludes halogenated alkanes) is 1. The van der Waals surface area contributed by atoms with Gasteiger partial charge in [-0.05, 0) is 46.1 Å². The van der Waals surface area contributed by atoms with Crippen molar-refractivity contribution in [3.05, 3.63) is 35.9 Å². The normalized spacial score (nSPS) is 14.2. The Morgan fingerprint density at radius 1 is 1.10 bits per heavy atom.